The molecule has 2 aromatic rings. The third kappa shape index (κ3) is 4.33. The van der Waals surface area contributed by atoms with Gasteiger partial charge in [0.15, 0.2) is 5.75 Å². The van der Waals surface area contributed by atoms with Crippen LogP contribution < -0.4 is 5.32 Å². The number of phenolic OH excluding ortho intramolecular Hbond substituents is 2. The number of carbonyl (C=O) groups is 1. The van der Waals surface area contributed by atoms with Gasteiger partial charge in [0.1, 0.15) is 17.4 Å². The highest BCUT2D eigenvalue weighted by Crippen LogP contribution is 2.34. The molecular weight excluding hydrogens is 394 g/mol. The lowest BCUT2D eigenvalue weighted by Gasteiger charge is -2.06. The van der Waals surface area contributed by atoms with Crippen LogP contribution in [0.5, 0.6) is 11.5 Å². The largest absolute Gasteiger partial charge is 0.507 e. The summed E-state index contributed by atoms with van der Waals surface area (Å²) in [6, 6.07) is 9.98. The molecule has 0 unspecified atom stereocenters. The third-order valence-electron chi connectivity index (χ3n) is 3.07. The summed E-state index contributed by atoms with van der Waals surface area (Å²) >= 11 is 3.25. The maximum Gasteiger partial charge on any atom is 0.311 e. The minimum absolute atomic E-state index is 0.148. The maximum absolute atomic E-state index is 12.2. The van der Waals surface area contributed by atoms with Gasteiger partial charge in [0.05, 0.1) is 4.92 Å². The SMILES string of the molecule is N#C/C(=C/c1cc([N+](=O)[O-])c(O)cc1O)C(=O)Nc1cccc(Br)c1. The van der Waals surface area contributed by atoms with Crippen LogP contribution in [0.2, 0.25) is 0 Å². The number of nitriles is 1. The zero-order valence-electron chi connectivity index (χ0n) is 12.4. The number of nitrogens with zero attached hydrogens (tertiary/aromatic N) is 2. The van der Waals surface area contributed by atoms with Crippen LogP contribution in [0.3, 0.4) is 0 Å². The molecule has 1 amide bonds. The number of rotatable bonds is 4. The van der Waals surface area contributed by atoms with Crippen molar-refractivity contribution in [2.45, 2.75) is 0 Å². The predicted molar refractivity (Wildman–Crippen MR) is 92.8 cm³/mol. The standard InChI is InChI=1S/C16H10BrN3O5/c17-11-2-1-3-12(6-11)19-16(23)10(8-18)4-9-5-13(20(24)25)15(22)7-14(9)21/h1-7,21-22H,(H,19,23)/b10-4-. The van der Waals surface area contributed by atoms with Gasteiger partial charge in [0, 0.05) is 27.9 Å². The summed E-state index contributed by atoms with van der Waals surface area (Å²) in [5.41, 5.74) is -0.754. The number of hydrogen-bond acceptors (Lipinski definition) is 6. The number of nitro groups is 1. The van der Waals surface area contributed by atoms with Crippen molar-refractivity contribution in [3.63, 3.8) is 0 Å². The van der Waals surface area contributed by atoms with E-state index in [1.165, 1.54) is 0 Å². The molecule has 2 rings (SSSR count). The minimum Gasteiger partial charge on any atom is -0.507 e. The van der Waals surface area contributed by atoms with Crippen LogP contribution in [-0.4, -0.2) is 21.0 Å². The average molecular weight is 404 g/mol. The van der Waals surface area contributed by atoms with Crippen molar-refractivity contribution in [1.82, 2.24) is 0 Å². The average Bonchev–Trinajstić information content (AvgIpc) is 2.53. The van der Waals surface area contributed by atoms with Crippen LogP contribution in [0.25, 0.3) is 6.08 Å². The van der Waals surface area contributed by atoms with E-state index in [4.69, 9.17) is 5.26 Å². The van der Waals surface area contributed by atoms with Crippen molar-refractivity contribution < 1.29 is 19.9 Å². The Balaban J connectivity index is 2.37. The molecule has 0 saturated carbocycles. The molecule has 0 heterocycles. The first-order chi connectivity index (χ1) is 11.8. The molecule has 0 fully saturated rings. The quantitative estimate of drug-likeness (QED) is 0.310. The van der Waals surface area contributed by atoms with Crippen LogP contribution in [-0.2, 0) is 4.79 Å². The summed E-state index contributed by atoms with van der Waals surface area (Å²) in [5, 5.41) is 41.7. The fourth-order valence-corrected chi connectivity index (χ4v) is 2.31. The van der Waals surface area contributed by atoms with Crippen LogP contribution in [0, 0.1) is 21.4 Å². The highest BCUT2D eigenvalue weighted by Gasteiger charge is 2.18. The molecule has 0 saturated heterocycles. The zero-order valence-corrected chi connectivity index (χ0v) is 14.0. The first kappa shape index (κ1) is 18.0. The smallest absolute Gasteiger partial charge is 0.311 e. The molecule has 0 spiro atoms. The second-order valence-electron chi connectivity index (χ2n) is 4.79. The van der Waals surface area contributed by atoms with E-state index in [0.29, 0.717) is 5.69 Å². The van der Waals surface area contributed by atoms with E-state index in [0.717, 1.165) is 22.7 Å². The Morgan fingerprint density at radius 1 is 1.28 bits per heavy atom. The van der Waals surface area contributed by atoms with E-state index in [2.05, 4.69) is 21.2 Å². The number of nitrogens with one attached hydrogen (secondary N) is 1. The minimum atomic E-state index is -0.847. The molecule has 8 nitrogen and oxygen atoms in total. The van der Waals surface area contributed by atoms with Gasteiger partial charge in [-0.05, 0) is 24.3 Å². The molecular formula is C16H10BrN3O5. The zero-order chi connectivity index (χ0) is 18.6. The summed E-state index contributed by atoms with van der Waals surface area (Å²) in [6.45, 7) is 0. The van der Waals surface area contributed by atoms with E-state index in [9.17, 15) is 25.1 Å². The Bertz CT molecular complexity index is 934. The Hall–Kier alpha value is -3.38. The number of halogens is 1. The van der Waals surface area contributed by atoms with Crippen molar-refractivity contribution in [2.24, 2.45) is 0 Å². The number of phenols is 2. The second kappa shape index (κ2) is 7.46. The Labute approximate surface area is 149 Å². The lowest BCUT2D eigenvalue weighted by Crippen LogP contribution is -2.13. The van der Waals surface area contributed by atoms with E-state index < -0.39 is 28.0 Å². The van der Waals surface area contributed by atoms with E-state index in [1.54, 1.807) is 30.3 Å². The molecule has 0 radical (unpaired) electrons. The second-order valence-corrected chi connectivity index (χ2v) is 5.71. The van der Waals surface area contributed by atoms with Crippen LogP contribution in [0.1, 0.15) is 5.56 Å². The highest BCUT2D eigenvalue weighted by atomic mass is 79.9. The molecule has 0 aliphatic carbocycles. The monoisotopic (exact) mass is 403 g/mol. The summed E-state index contributed by atoms with van der Waals surface area (Å²) in [4.78, 5) is 22.2. The van der Waals surface area contributed by atoms with Gasteiger partial charge in [-0.2, -0.15) is 5.26 Å². The molecule has 2 aromatic carbocycles. The van der Waals surface area contributed by atoms with Crippen molar-refractivity contribution in [1.29, 1.82) is 5.26 Å². The Kier molecular flexibility index (Phi) is 5.36. The first-order valence-corrected chi connectivity index (χ1v) is 7.50. The topological polar surface area (TPSA) is 136 Å². The van der Waals surface area contributed by atoms with Crippen LogP contribution >= 0.6 is 15.9 Å². The molecule has 0 bridgehead atoms. The maximum atomic E-state index is 12.2. The van der Waals surface area contributed by atoms with E-state index in [1.807, 2.05) is 0 Å². The number of nitro benzene ring substituents is 1. The van der Waals surface area contributed by atoms with Gasteiger partial charge in [0.2, 0.25) is 0 Å². The number of hydrogen-bond donors (Lipinski definition) is 3. The van der Waals surface area contributed by atoms with Gasteiger partial charge in [-0.3, -0.25) is 14.9 Å². The number of amides is 1. The van der Waals surface area contributed by atoms with Gasteiger partial charge >= 0.3 is 5.69 Å². The molecule has 0 aromatic heterocycles. The molecule has 126 valence electrons. The molecule has 0 atom stereocenters. The van der Waals surface area contributed by atoms with Crippen molar-refractivity contribution >= 4 is 39.3 Å². The Morgan fingerprint density at radius 3 is 2.60 bits per heavy atom. The molecule has 3 N–H and O–H groups in total. The summed E-state index contributed by atoms with van der Waals surface area (Å²) in [7, 11) is 0. The van der Waals surface area contributed by atoms with Gasteiger partial charge in [-0.15, -0.1) is 0 Å². The van der Waals surface area contributed by atoms with Crippen LogP contribution in [0.4, 0.5) is 11.4 Å². The van der Waals surface area contributed by atoms with Gasteiger partial charge in [-0.25, -0.2) is 0 Å². The van der Waals surface area contributed by atoms with E-state index >= 15 is 0 Å². The Morgan fingerprint density at radius 2 is 2.00 bits per heavy atom. The fourth-order valence-electron chi connectivity index (χ4n) is 1.91. The molecule has 9 heteroatoms. The predicted octanol–water partition coefficient (Wildman–Crippen LogP) is 3.31. The third-order valence-corrected chi connectivity index (χ3v) is 3.56. The van der Waals surface area contributed by atoms with Gasteiger partial charge < -0.3 is 15.5 Å². The number of benzene rings is 2. The summed E-state index contributed by atoms with van der Waals surface area (Å²) < 4.78 is 0.722. The lowest BCUT2D eigenvalue weighted by molar-refractivity contribution is -0.385. The molecule has 0 aliphatic heterocycles. The fraction of sp³-hybridized carbons (Fsp3) is 0. The number of aromatic hydroxyl groups is 2. The van der Waals surface area contributed by atoms with Crippen LogP contribution in [0.15, 0.2) is 46.4 Å². The first-order valence-electron chi connectivity index (χ1n) is 6.71. The molecule has 0 aliphatic rings. The van der Waals surface area contributed by atoms with Crippen molar-refractivity contribution in [3.05, 3.63) is 62.1 Å². The normalized spacial score (nSPS) is 10.8. The summed E-state index contributed by atoms with van der Waals surface area (Å²) in [5.74, 6) is -1.99. The lowest BCUT2D eigenvalue weighted by atomic mass is 10.1. The molecule has 25 heavy (non-hydrogen) atoms. The highest BCUT2D eigenvalue weighted by molar-refractivity contribution is 9.10. The summed E-state index contributed by atoms with van der Waals surface area (Å²) in [6.07, 6.45) is 0.995. The van der Waals surface area contributed by atoms with Gasteiger partial charge in [0.25, 0.3) is 5.91 Å². The van der Waals surface area contributed by atoms with Gasteiger partial charge in [-0.1, -0.05) is 22.0 Å². The number of anilines is 1. The number of carbonyl (C=O) groups excluding carboxylic acids is 1. The van der Waals surface area contributed by atoms with Crippen molar-refractivity contribution in [2.75, 3.05) is 5.32 Å². The van der Waals surface area contributed by atoms with Crippen molar-refractivity contribution in [3.8, 4) is 17.6 Å². The van der Waals surface area contributed by atoms with E-state index in [-0.39, 0.29) is 11.1 Å².